The molecule has 0 aliphatic rings. The summed E-state index contributed by atoms with van der Waals surface area (Å²) in [5, 5.41) is 30.8. The maximum Gasteiger partial charge on any atom is 0.314 e. The molecule has 5 N–H and O–H groups in total. The number of Topliss-reactive ketones (excluding diaryl/α,β-unsaturated/α-hetero) is 1. The monoisotopic (exact) mass is 407 g/mol. The van der Waals surface area contributed by atoms with Gasteiger partial charge in [0.05, 0.1) is 0 Å². The third-order valence-corrected chi connectivity index (χ3v) is 4.02. The van der Waals surface area contributed by atoms with Crippen molar-refractivity contribution in [1.29, 1.82) is 5.41 Å². The summed E-state index contributed by atoms with van der Waals surface area (Å²) in [5.41, 5.74) is 2.57. The highest BCUT2D eigenvalue weighted by atomic mass is 16.7. The van der Waals surface area contributed by atoms with E-state index < -0.39 is 28.7 Å². The Morgan fingerprint density at radius 2 is 1.79 bits per heavy atom. The topological polar surface area (TPSA) is 175 Å². The highest BCUT2D eigenvalue weighted by Gasteiger charge is 2.25. The van der Waals surface area contributed by atoms with Crippen molar-refractivity contribution >= 4 is 23.6 Å². The average molecular weight is 407 g/mol. The van der Waals surface area contributed by atoms with E-state index in [0.29, 0.717) is 6.54 Å². The van der Waals surface area contributed by atoms with E-state index in [9.17, 15) is 29.6 Å². The van der Waals surface area contributed by atoms with E-state index in [1.54, 1.807) is 5.43 Å². The van der Waals surface area contributed by atoms with Crippen LogP contribution in [0.25, 0.3) is 0 Å². The number of hydrogen-bond donors (Lipinski definition) is 5. The number of carbonyl (C=O) groups is 3. The van der Waals surface area contributed by atoms with Gasteiger partial charge in [0.25, 0.3) is 5.96 Å². The minimum atomic E-state index is -1.25. The van der Waals surface area contributed by atoms with Crippen LogP contribution in [0.1, 0.15) is 37.7 Å². The summed E-state index contributed by atoms with van der Waals surface area (Å²) >= 11 is 0. The number of nitro groups is 1. The largest absolute Gasteiger partial charge is 0.481 e. The van der Waals surface area contributed by atoms with Crippen LogP contribution < -0.4 is 16.1 Å². The number of ketones is 1. The lowest BCUT2D eigenvalue weighted by Crippen LogP contribution is -2.40. The number of nitrogens with zero attached hydrogens (tertiary/aromatic N) is 1. The maximum atomic E-state index is 12.1. The number of aliphatic carboxylic acids is 1. The first kappa shape index (κ1) is 23.5. The van der Waals surface area contributed by atoms with E-state index in [1.165, 1.54) is 0 Å². The number of carbonyl (C=O) groups excluding carboxylic acids is 2. The van der Waals surface area contributed by atoms with Gasteiger partial charge in [0, 0.05) is 25.9 Å². The summed E-state index contributed by atoms with van der Waals surface area (Å²) in [4.78, 5) is 45.4. The number of guanidine groups is 1. The molecule has 11 nitrogen and oxygen atoms in total. The van der Waals surface area contributed by atoms with E-state index in [2.05, 4.69) is 10.6 Å². The summed E-state index contributed by atoms with van der Waals surface area (Å²) in [7, 11) is 0. The fourth-order valence-corrected chi connectivity index (χ4v) is 2.55. The van der Waals surface area contributed by atoms with Gasteiger partial charge in [-0.3, -0.25) is 19.8 Å². The summed E-state index contributed by atoms with van der Waals surface area (Å²) in [6.07, 6.45) is 0.617. The van der Waals surface area contributed by atoms with Gasteiger partial charge in [-0.2, -0.15) is 0 Å². The highest BCUT2D eigenvalue weighted by Crippen LogP contribution is 2.13. The Kier molecular flexibility index (Phi) is 10.4. The molecular weight excluding hydrogens is 382 g/mol. The van der Waals surface area contributed by atoms with Crippen molar-refractivity contribution in [3.05, 3.63) is 46.0 Å². The molecule has 0 spiro atoms. The summed E-state index contributed by atoms with van der Waals surface area (Å²) in [6, 6.07) is 9.36. The zero-order chi connectivity index (χ0) is 21.6. The van der Waals surface area contributed by atoms with Crippen LogP contribution in [-0.4, -0.2) is 40.3 Å². The number of carboxylic acid groups (broad SMARTS) is 1. The van der Waals surface area contributed by atoms with Crippen molar-refractivity contribution in [2.75, 3.05) is 6.54 Å². The number of rotatable bonds is 13. The molecule has 0 bridgehead atoms. The molecule has 11 heteroatoms. The lowest BCUT2D eigenvalue weighted by atomic mass is 9.94. The van der Waals surface area contributed by atoms with Gasteiger partial charge in [-0.1, -0.05) is 35.8 Å². The van der Waals surface area contributed by atoms with Crippen LogP contribution in [-0.2, 0) is 20.9 Å². The summed E-state index contributed by atoms with van der Waals surface area (Å²) in [6.45, 7) is 0.497. The predicted molar refractivity (Wildman–Crippen MR) is 103 cm³/mol. The molecule has 1 amide bonds. The molecule has 0 heterocycles. The Labute approximate surface area is 167 Å². The smallest absolute Gasteiger partial charge is 0.314 e. The second-order valence-corrected chi connectivity index (χ2v) is 6.29. The van der Waals surface area contributed by atoms with Crippen LogP contribution in [0, 0.1) is 21.4 Å². The number of hydrazine groups is 1. The first-order valence-corrected chi connectivity index (χ1v) is 9.09. The molecule has 158 valence electrons. The second kappa shape index (κ2) is 12.8. The normalized spacial score (nSPS) is 11.2. The van der Waals surface area contributed by atoms with E-state index in [-0.39, 0.29) is 44.6 Å². The molecule has 0 saturated heterocycles. The number of hydrogen-bond acceptors (Lipinski definition) is 6. The fourth-order valence-electron chi connectivity index (χ4n) is 2.55. The van der Waals surface area contributed by atoms with Crippen LogP contribution in [0.15, 0.2) is 30.3 Å². The molecule has 0 aromatic heterocycles. The minimum Gasteiger partial charge on any atom is -0.481 e. The van der Waals surface area contributed by atoms with Crippen molar-refractivity contribution in [2.45, 2.75) is 38.6 Å². The third kappa shape index (κ3) is 10.4. The molecule has 0 saturated carbocycles. The van der Waals surface area contributed by atoms with Crippen molar-refractivity contribution in [1.82, 2.24) is 16.1 Å². The molecule has 1 unspecified atom stereocenters. The van der Waals surface area contributed by atoms with Gasteiger partial charge in [-0.05, 0) is 24.8 Å². The average Bonchev–Trinajstić information content (AvgIpc) is 2.66. The number of nitrogens with one attached hydrogen (secondary N) is 4. The molecule has 0 fully saturated rings. The molecule has 29 heavy (non-hydrogen) atoms. The highest BCUT2D eigenvalue weighted by molar-refractivity contribution is 5.98. The molecule has 0 aliphatic heterocycles. The van der Waals surface area contributed by atoms with Crippen molar-refractivity contribution in [3.8, 4) is 0 Å². The first-order valence-electron chi connectivity index (χ1n) is 9.09. The Morgan fingerprint density at radius 1 is 1.10 bits per heavy atom. The van der Waals surface area contributed by atoms with Gasteiger partial charge >= 0.3 is 5.97 Å². The zero-order valence-corrected chi connectivity index (χ0v) is 15.8. The number of benzene rings is 1. The summed E-state index contributed by atoms with van der Waals surface area (Å²) < 4.78 is 0. The van der Waals surface area contributed by atoms with E-state index in [1.807, 2.05) is 30.3 Å². The molecule has 1 aromatic rings. The molecule has 0 radical (unpaired) electrons. The quantitative estimate of drug-likeness (QED) is 0.0797. The molecule has 0 aliphatic carbocycles. The summed E-state index contributed by atoms with van der Waals surface area (Å²) in [5.74, 6) is -3.65. The second-order valence-electron chi connectivity index (χ2n) is 6.29. The first-order chi connectivity index (χ1) is 13.8. The predicted octanol–water partition coefficient (Wildman–Crippen LogP) is 0.829. The van der Waals surface area contributed by atoms with E-state index >= 15 is 0 Å². The van der Waals surface area contributed by atoms with Crippen LogP contribution >= 0.6 is 0 Å². The van der Waals surface area contributed by atoms with Gasteiger partial charge in [0.15, 0.2) is 5.03 Å². The standard InChI is InChI=1S/C18H25N5O6/c19-18(22-23(28)29)20-11-5-8-14(17(26)27)15(24)9-4-10-16(25)21-12-13-6-2-1-3-7-13/h1-3,6-7,14H,4-5,8-12H2,(H,21,25)(H,26,27)(H3,19,20,22). The van der Waals surface area contributed by atoms with Gasteiger partial charge in [-0.15, -0.1) is 0 Å². The molecule has 1 aromatic carbocycles. The Morgan fingerprint density at radius 3 is 2.41 bits per heavy atom. The number of amides is 1. The Bertz CT molecular complexity index is 725. The van der Waals surface area contributed by atoms with Crippen LogP contribution in [0.2, 0.25) is 0 Å². The van der Waals surface area contributed by atoms with E-state index in [0.717, 1.165) is 5.56 Å². The zero-order valence-electron chi connectivity index (χ0n) is 15.8. The van der Waals surface area contributed by atoms with Gasteiger partial charge in [-0.25, -0.2) is 10.1 Å². The molecular formula is C18H25N5O6. The SMILES string of the molecule is N=C(NCCCC(C(=O)O)C(=O)CCCC(=O)NCc1ccccc1)N[N+](=O)[O-]. The van der Waals surface area contributed by atoms with Gasteiger partial charge in [0.2, 0.25) is 5.91 Å². The Balaban J connectivity index is 2.27. The maximum absolute atomic E-state index is 12.1. The van der Waals surface area contributed by atoms with Crippen molar-refractivity contribution in [3.63, 3.8) is 0 Å². The lowest BCUT2D eigenvalue weighted by molar-refractivity contribution is -0.525. The fraction of sp³-hybridized carbons (Fsp3) is 0.444. The third-order valence-electron chi connectivity index (χ3n) is 4.02. The van der Waals surface area contributed by atoms with Gasteiger partial charge < -0.3 is 15.7 Å². The molecule has 1 rings (SSSR count). The van der Waals surface area contributed by atoms with Crippen LogP contribution in [0.5, 0.6) is 0 Å². The van der Waals surface area contributed by atoms with Crippen molar-refractivity contribution in [2.24, 2.45) is 5.92 Å². The molecule has 1 atom stereocenters. The number of carboxylic acids is 1. The van der Waals surface area contributed by atoms with E-state index in [4.69, 9.17) is 5.41 Å². The van der Waals surface area contributed by atoms with Crippen LogP contribution in [0.3, 0.4) is 0 Å². The Hall–Kier alpha value is -3.50. The van der Waals surface area contributed by atoms with Crippen molar-refractivity contribution < 1.29 is 24.5 Å². The van der Waals surface area contributed by atoms with Crippen LogP contribution in [0.4, 0.5) is 0 Å². The minimum absolute atomic E-state index is 0.0259. The lowest BCUT2D eigenvalue weighted by Gasteiger charge is -2.12. The van der Waals surface area contributed by atoms with Gasteiger partial charge in [0.1, 0.15) is 11.7 Å².